The highest BCUT2D eigenvalue weighted by Crippen LogP contribution is 2.32. The van der Waals surface area contributed by atoms with Crippen LogP contribution in [0.25, 0.3) is 0 Å². The Morgan fingerprint density at radius 3 is 2.74 bits per heavy atom. The number of para-hydroxylation sites is 1. The first kappa shape index (κ1) is 13.7. The van der Waals surface area contributed by atoms with E-state index >= 15 is 0 Å². The maximum atomic E-state index is 10.9. The molecule has 0 unspecified atom stereocenters. The van der Waals surface area contributed by atoms with E-state index in [1.807, 2.05) is 0 Å². The van der Waals surface area contributed by atoms with Crippen LogP contribution in [0.4, 0.5) is 11.4 Å². The van der Waals surface area contributed by atoms with Crippen LogP contribution in [-0.4, -0.2) is 4.92 Å². The van der Waals surface area contributed by atoms with E-state index in [1.54, 1.807) is 36.4 Å². The van der Waals surface area contributed by atoms with Gasteiger partial charge in [0.25, 0.3) is 5.69 Å². The summed E-state index contributed by atoms with van der Waals surface area (Å²) >= 11 is 7.34. The van der Waals surface area contributed by atoms with Gasteiger partial charge in [-0.1, -0.05) is 29.8 Å². The highest BCUT2D eigenvalue weighted by Gasteiger charge is 2.12. The number of nitrogens with two attached hydrogens (primary N) is 1. The lowest BCUT2D eigenvalue weighted by Crippen LogP contribution is -1.94. The van der Waals surface area contributed by atoms with Crippen LogP contribution in [-0.2, 0) is 5.75 Å². The Labute approximate surface area is 119 Å². The first-order valence-electron chi connectivity index (χ1n) is 5.48. The molecule has 0 heterocycles. The first-order chi connectivity index (χ1) is 9.08. The first-order valence-corrected chi connectivity index (χ1v) is 6.84. The number of hydrogen-bond acceptors (Lipinski definition) is 4. The zero-order chi connectivity index (χ0) is 13.8. The van der Waals surface area contributed by atoms with Crippen molar-refractivity contribution in [3.8, 4) is 0 Å². The van der Waals surface area contributed by atoms with Gasteiger partial charge in [-0.25, -0.2) is 0 Å². The van der Waals surface area contributed by atoms with E-state index in [9.17, 15) is 10.1 Å². The normalized spacial score (nSPS) is 10.4. The maximum Gasteiger partial charge on any atom is 0.273 e. The minimum atomic E-state index is -0.378. The van der Waals surface area contributed by atoms with Gasteiger partial charge in [-0.15, -0.1) is 11.8 Å². The second-order valence-electron chi connectivity index (χ2n) is 3.86. The van der Waals surface area contributed by atoms with Crippen LogP contribution in [0.3, 0.4) is 0 Å². The van der Waals surface area contributed by atoms with Crippen LogP contribution in [0, 0.1) is 10.1 Å². The van der Waals surface area contributed by atoms with Crippen molar-refractivity contribution < 1.29 is 4.92 Å². The van der Waals surface area contributed by atoms with Crippen LogP contribution in [0.5, 0.6) is 0 Å². The Morgan fingerprint density at radius 1 is 1.26 bits per heavy atom. The molecule has 0 saturated heterocycles. The number of rotatable bonds is 4. The van der Waals surface area contributed by atoms with Crippen molar-refractivity contribution in [3.05, 3.63) is 63.2 Å². The predicted molar refractivity (Wildman–Crippen MR) is 78.5 cm³/mol. The monoisotopic (exact) mass is 294 g/mol. The van der Waals surface area contributed by atoms with Gasteiger partial charge in [0.05, 0.1) is 4.92 Å². The van der Waals surface area contributed by atoms with E-state index in [0.29, 0.717) is 22.0 Å². The van der Waals surface area contributed by atoms with Crippen molar-refractivity contribution in [3.63, 3.8) is 0 Å². The molecule has 0 atom stereocenters. The third kappa shape index (κ3) is 3.39. The number of halogens is 1. The molecule has 0 saturated carbocycles. The lowest BCUT2D eigenvalue weighted by molar-refractivity contribution is -0.385. The van der Waals surface area contributed by atoms with Crippen LogP contribution < -0.4 is 5.73 Å². The average molecular weight is 295 g/mol. The molecule has 4 nitrogen and oxygen atoms in total. The number of nitrogens with zero attached hydrogens (tertiary/aromatic N) is 1. The Balaban J connectivity index is 2.19. The van der Waals surface area contributed by atoms with Crippen LogP contribution >= 0.6 is 23.4 Å². The van der Waals surface area contributed by atoms with Gasteiger partial charge in [-0.05, 0) is 18.2 Å². The summed E-state index contributed by atoms with van der Waals surface area (Å²) in [6, 6.07) is 11.9. The van der Waals surface area contributed by atoms with Gasteiger partial charge in [-0.3, -0.25) is 10.1 Å². The molecular weight excluding hydrogens is 284 g/mol. The fourth-order valence-corrected chi connectivity index (χ4v) is 2.84. The molecule has 0 aliphatic rings. The van der Waals surface area contributed by atoms with Crippen molar-refractivity contribution in [2.24, 2.45) is 0 Å². The van der Waals surface area contributed by atoms with E-state index in [2.05, 4.69) is 0 Å². The highest BCUT2D eigenvalue weighted by molar-refractivity contribution is 7.98. The van der Waals surface area contributed by atoms with Gasteiger partial charge in [0, 0.05) is 33.0 Å². The number of anilines is 1. The highest BCUT2D eigenvalue weighted by atomic mass is 35.5. The van der Waals surface area contributed by atoms with Crippen LogP contribution in [0.15, 0.2) is 47.4 Å². The molecule has 0 bridgehead atoms. The lowest BCUT2D eigenvalue weighted by Gasteiger charge is -2.06. The topological polar surface area (TPSA) is 69.2 Å². The largest absolute Gasteiger partial charge is 0.398 e. The zero-order valence-corrected chi connectivity index (χ0v) is 11.4. The van der Waals surface area contributed by atoms with Crippen molar-refractivity contribution in [1.29, 1.82) is 0 Å². The number of nitro groups is 1. The standard InChI is InChI=1S/C13H11ClN2O2S/c14-10-5-6-11(15)13(7-10)19-8-9-3-1-2-4-12(9)16(17)18/h1-7H,8,15H2. The fraction of sp³-hybridized carbons (Fsp3) is 0.0769. The summed E-state index contributed by atoms with van der Waals surface area (Å²) in [5.41, 5.74) is 7.24. The fourth-order valence-electron chi connectivity index (χ4n) is 1.60. The SMILES string of the molecule is Nc1ccc(Cl)cc1SCc1ccccc1[N+](=O)[O-]. The summed E-state index contributed by atoms with van der Waals surface area (Å²) in [5.74, 6) is 0.474. The Morgan fingerprint density at radius 2 is 2.00 bits per heavy atom. The molecule has 0 amide bonds. The summed E-state index contributed by atoms with van der Waals surface area (Å²) in [4.78, 5) is 11.4. The Bertz CT molecular complexity index is 619. The minimum absolute atomic E-state index is 0.121. The van der Waals surface area contributed by atoms with Crippen LogP contribution in [0.2, 0.25) is 5.02 Å². The molecule has 0 fully saturated rings. The molecule has 2 N–H and O–H groups in total. The van der Waals surface area contributed by atoms with E-state index in [-0.39, 0.29) is 10.6 Å². The van der Waals surface area contributed by atoms with Gasteiger partial charge in [0.1, 0.15) is 0 Å². The molecule has 98 valence electrons. The summed E-state index contributed by atoms with van der Waals surface area (Å²) in [6.07, 6.45) is 0. The van der Waals surface area contributed by atoms with Crippen LogP contribution in [0.1, 0.15) is 5.56 Å². The van der Waals surface area contributed by atoms with Gasteiger partial charge < -0.3 is 5.73 Å². The maximum absolute atomic E-state index is 10.9. The lowest BCUT2D eigenvalue weighted by atomic mass is 10.2. The summed E-state index contributed by atoms with van der Waals surface area (Å²) in [6.45, 7) is 0. The number of nitro benzene ring substituents is 1. The zero-order valence-electron chi connectivity index (χ0n) is 9.88. The van der Waals surface area contributed by atoms with Crippen molar-refractivity contribution in [1.82, 2.24) is 0 Å². The average Bonchev–Trinajstić information content (AvgIpc) is 2.40. The Kier molecular flexibility index (Phi) is 4.29. The quantitative estimate of drug-likeness (QED) is 0.398. The molecule has 2 rings (SSSR count). The molecule has 0 aromatic heterocycles. The molecule has 0 aliphatic carbocycles. The van der Waals surface area contributed by atoms with E-state index < -0.39 is 0 Å². The van der Waals surface area contributed by atoms with Crippen molar-refractivity contribution >= 4 is 34.7 Å². The molecule has 0 spiro atoms. The van der Waals surface area contributed by atoms with Gasteiger partial charge in [0.2, 0.25) is 0 Å². The number of nitrogen functional groups attached to an aromatic ring is 1. The van der Waals surface area contributed by atoms with E-state index in [0.717, 1.165) is 4.90 Å². The summed E-state index contributed by atoms with van der Waals surface area (Å²) in [7, 11) is 0. The van der Waals surface area contributed by atoms with Crippen molar-refractivity contribution in [2.45, 2.75) is 10.6 Å². The number of thioether (sulfide) groups is 1. The number of benzene rings is 2. The summed E-state index contributed by atoms with van der Waals surface area (Å²) in [5, 5.41) is 11.5. The second kappa shape index (κ2) is 5.95. The van der Waals surface area contributed by atoms with E-state index in [4.69, 9.17) is 17.3 Å². The molecule has 6 heteroatoms. The van der Waals surface area contributed by atoms with E-state index in [1.165, 1.54) is 17.8 Å². The van der Waals surface area contributed by atoms with Gasteiger partial charge in [-0.2, -0.15) is 0 Å². The third-order valence-corrected chi connectivity index (χ3v) is 3.90. The smallest absolute Gasteiger partial charge is 0.273 e. The van der Waals surface area contributed by atoms with Gasteiger partial charge in [0.15, 0.2) is 0 Å². The minimum Gasteiger partial charge on any atom is -0.398 e. The molecular formula is C13H11ClN2O2S. The van der Waals surface area contributed by atoms with Gasteiger partial charge >= 0.3 is 0 Å². The predicted octanol–water partition coefficient (Wildman–Crippen LogP) is 4.12. The Hall–Kier alpha value is -1.72. The summed E-state index contributed by atoms with van der Waals surface area (Å²) < 4.78 is 0. The van der Waals surface area contributed by atoms with Crippen molar-refractivity contribution in [2.75, 3.05) is 5.73 Å². The second-order valence-corrected chi connectivity index (χ2v) is 5.31. The molecule has 19 heavy (non-hydrogen) atoms. The molecule has 2 aromatic carbocycles. The molecule has 2 aromatic rings. The third-order valence-electron chi connectivity index (χ3n) is 2.55. The molecule has 0 radical (unpaired) electrons. The number of hydrogen-bond donors (Lipinski definition) is 1. The molecule has 0 aliphatic heterocycles.